The van der Waals surface area contributed by atoms with Crippen molar-refractivity contribution in [1.82, 2.24) is 0 Å². The van der Waals surface area contributed by atoms with Crippen LogP contribution in [0.2, 0.25) is 0 Å². The Kier molecular flexibility index (Phi) is 8.08. The minimum absolute atomic E-state index is 0.0142. The van der Waals surface area contributed by atoms with E-state index in [-0.39, 0.29) is 38.9 Å². The number of fused-ring (bicyclic) bond motifs is 7. The summed E-state index contributed by atoms with van der Waals surface area (Å²) in [5, 5.41) is 63.8. The Morgan fingerprint density at radius 1 is 0.889 bits per heavy atom. The van der Waals surface area contributed by atoms with Crippen LogP contribution in [0.25, 0.3) is 0 Å². The van der Waals surface area contributed by atoms with Crippen molar-refractivity contribution >= 4 is 5.97 Å². The predicted molar refractivity (Wildman–Crippen MR) is 170 cm³/mol. The van der Waals surface area contributed by atoms with Crippen molar-refractivity contribution in [3.05, 3.63) is 11.6 Å². The van der Waals surface area contributed by atoms with Crippen LogP contribution in [-0.4, -0.2) is 79.8 Å². The molecule has 0 aromatic heterocycles. The van der Waals surface area contributed by atoms with Crippen molar-refractivity contribution in [1.29, 1.82) is 0 Å². The third-order valence-electron chi connectivity index (χ3n) is 15.9. The lowest BCUT2D eigenvalue weighted by Crippen LogP contribution is -2.67. The number of hydrogen-bond acceptors (Lipinski definition) is 7. The molecule has 8 heteroatoms. The van der Waals surface area contributed by atoms with E-state index in [4.69, 9.17) is 4.74 Å². The van der Waals surface area contributed by atoms with Gasteiger partial charge in [0.25, 0.3) is 0 Å². The lowest BCUT2D eigenvalue weighted by molar-refractivity contribution is -0.267. The van der Waals surface area contributed by atoms with Crippen LogP contribution < -0.4 is 0 Å². The van der Waals surface area contributed by atoms with Gasteiger partial charge in [0.2, 0.25) is 0 Å². The second-order valence-electron chi connectivity index (χ2n) is 18.4. The average Bonchev–Trinajstić information content (AvgIpc) is 2.95. The highest BCUT2D eigenvalue weighted by Crippen LogP contribution is 2.76. The molecule has 1 heterocycles. The second-order valence-corrected chi connectivity index (χ2v) is 18.4. The van der Waals surface area contributed by atoms with Crippen molar-refractivity contribution < 1.29 is 40.2 Å². The van der Waals surface area contributed by atoms with Crippen LogP contribution in [0.3, 0.4) is 0 Å². The topological polar surface area (TPSA) is 148 Å². The Hall–Kier alpha value is -1.03. The number of aliphatic hydroxyl groups excluding tert-OH is 5. The lowest BCUT2D eigenvalue weighted by Gasteiger charge is -2.71. The first-order valence-corrected chi connectivity index (χ1v) is 17.7. The van der Waals surface area contributed by atoms with Crippen LogP contribution in [0, 0.1) is 56.2 Å². The summed E-state index contributed by atoms with van der Waals surface area (Å²) in [6.45, 7) is 16.0. The summed E-state index contributed by atoms with van der Waals surface area (Å²) in [7, 11) is 0. The summed E-state index contributed by atoms with van der Waals surface area (Å²) >= 11 is 0. The number of aliphatic hydroxyl groups is 5. The number of allylic oxidation sites excluding steroid dienone is 2. The van der Waals surface area contributed by atoms with Gasteiger partial charge >= 0.3 is 5.97 Å². The van der Waals surface area contributed by atoms with Gasteiger partial charge in [0.15, 0.2) is 0 Å². The van der Waals surface area contributed by atoms with E-state index in [1.54, 1.807) is 0 Å². The van der Waals surface area contributed by atoms with Gasteiger partial charge in [-0.15, -0.1) is 0 Å². The van der Waals surface area contributed by atoms with E-state index in [1.165, 1.54) is 5.57 Å². The number of aliphatic carboxylic acids is 1. The highest BCUT2D eigenvalue weighted by Gasteiger charge is 2.70. The van der Waals surface area contributed by atoms with Crippen molar-refractivity contribution in [2.45, 2.75) is 149 Å². The molecule has 45 heavy (non-hydrogen) atoms. The standard InChI is InChI=1S/C37H60O8/c1-32(2)14-16-37(31(43)44)17-15-35(6)20(22(37)18-32)8-9-25-34(5)12-10-21(33(3,4)24(34)11-13-36(25,35)7)26(39)30-29(42)28(41)27(40)23(19-38)45-30/h8,21-30,38-42H,9-19H2,1-7H3,(H,43,44)/t21-,22?,23?,24?,25?,26?,27-,28?,29?,30-,34-,35+,36+,37-/m0/s1. The first-order valence-electron chi connectivity index (χ1n) is 17.7. The molecule has 5 fully saturated rings. The van der Waals surface area contributed by atoms with Gasteiger partial charge in [0.05, 0.1) is 18.1 Å². The van der Waals surface area contributed by atoms with E-state index in [2.05, 4.69) is 54.5 Å². The molecule has 0 spiro atoms. The molecular formula is C37H60O8. The van der Waals surface area contributed by atoms with Gasteiger partial charge in [-0.1, -0.05) is 60.1 Å². The van der Waals surface area contributed by atoms with E-state index >= 15 is 0 Å². The summed E-state index contributed by atoms with van der Waals surface area (Å²) in [5.41, 5.74) is 0.609. The van der Waals surface area contributed by atoms with Gasteiger partial charge < -0.3 is 35.4 Å². The Morgan fingerprint density at radius 2 is 1.56 bits per heavy atom. The van der Waals surface area contributed by atoms with Crippen molar-refractivity contribution in [2.75, 3.05) is 6.61 Å². The molecule has 5 aliphatic carbocycles. The average molecular weight is 633 g/mol. The highest BCUT2D eigenvalue weighted by molar-refractivity contribution is 5.76. The molecule has 4 saturated carbocycles. The molecule has 6 aliphatic rings. The Morgan fingerprint density at radius 3 is 2.20 bits per heavy atom. The monoisotopic (exact) mass is 632 g/mol. The van der Waals surface area contributed by atoms with Gasteiger partial charge in [-0.3, -0.25) is 4.79 Å². The smallest absolute Gasteiger partial charge is 0.310 e. The largest absolute Gasteiger partial charge is 0.481 e. The Labute approximate surface area is 269 Å². The summed E-state index contributed by atoms with van der Waals surface area (Å²) < 4.78 is 5.85. The third kappa shape index (κ3) is 4.55. The quantitative estimate of drug-likeness (QED) is 0.245. The number of carbonyl (C=O) groups is 1. The molecule has 7 unspecified atom stereocenters. The van der Waals surface area contributed by atoms with Gasteiger partial charge in [-0.05, 0) is 115 Å². The SMILES string of the molecule is CC1(C)CC[C@]2(C(=O)O)CC[C@]3(C)C(=CCC4[C@@]5(C)CC[C@@H](C(O)[C@@H]6OC(CO)[C@H](O)C(O)C6O)C(C)(C)C5CC[C@]43C)C2C1. The normalized spacial score (nSPS) is 52.7. The van der Waals surface area contributed by atoms with Crippen molar-refractivity contribution in [3.63, 3.8) is 0 Å². The van der Waals surface area contributed by atoms with Gasteiger partial charge in [-0.2, -0.15) is 0 Å². The minimum Gasteiger partial charge on any atom is -0.481 e. The zero-order chi connectivity index (χ0) is 33.1. The molecule has 0 aromatic carbocycles. The minimum atomic E-state index is -1.50. The number of hydrogen-bond donors (Lipinski definition) is 6. The third-order valence-corrected chi connectivity index (χ3v) is 15.9. The van der Waals surface area contributed by atoms with Crippen molar-refractivity contribution in [3.8, 4) is 0 Å². The van der Waals surface area contributed by atoms with E-state index in [1.807, 2.05) is 0 Å². The van der Waals surface area contributed by atoms with E-state index < -0.39 is 54.6 Å². The molecule has 0 bridgehead atoms. The van der Waals surface area contributed by atoms with Crippen LogP contribution >= 0.6 is 0 Å². The van der Waals surface area contributed by atoms with Crippen LogP contribution in [-0.2, 0) is 9.53 Å². The summed E-state index contributed by atoms with van der Waals surface area (Å²) in [4.78, 5) is 13.0. The number of carboxylic acids is 1. The maximum atomic E-state index is 13.0. The first-order chi connectivity index (χ1) is 20.8. The molecular weight excluding hydrogens is 572 g/mol. The van der Waals surface area contributed by atoms with Gasteiger partial charge in [-0.25, -0.2) is 0 Å². The van der Waals surface area contributed by atoms with Crippen molar-refractivity contribution in [2.24, 2.45) is 56.2 Å². The molecule has 0 radical (unpaired) electrons. The number of ether oxygens (including phenoxy) is 1. The number of carboxylic acid groups (broad SMARTS) is 1. The Bertz CT molecular complexity index is 1210. The molecule has 256 valence electrons. The summed E-state index contributed by atoms with van der Waals surface area (Å²) in [5.74, 6) is 0.0295. The zero-order valence-corrected chi connectivity index (χ0v) is 28.6. The number of rotatable bonds is 4. The molecule has 0 amide bonds. The fourth-order valence-electron chi connectivity index (χ4n) is 12.9. The van der Waals surface area contributed by atoms with Crippen LogP contribution in [0.15, 0.2) is 11.6 Å². The summed E-state index contributed by atoms with van der Waals surface area (Å²) in [6, 6.07) is 0. The highest BCUT2D eigenvalue weighted by atomic mass is 16.6. The predicted octanol–water partition coefficient (Wildman–Crippen LogP) is 4.69. The maximum absolute atomic E-state index is 13.0. The fraction of sp³-hybridized carbons (Fsp3) is 0.919. The zero-order valence-electron chi connectivity index (χ0n) is 28.6. The molecule has 14 atom stereocenters. The van der Waals surface area contributed by atoms with Gasteiger partial charge in [0.1, 0.15) is 30.5 Å². The molecule has 6 rings (SSSR count). The van der Waals surface area contributed by atoms with Crippen LogP contribution in [0.5, 0.6) is 0 Å². The lowest BCUT2D eigenvalue weighted by atomic mass is 9.33. The molecule has 1 saturated heterocycles. The van der Waals surface area contributed by atoms with E-state index in [0.29, 0.717) is 11.8 Å². The summed E-state index contributed by atoms with van der Waals surface area (Å²) in [6.07, 6.45) is 3.91. The first kappa shape index (κ1) is 33.9. The maximum Gasteiger partial charge on any atom is 0.310 e. The molecule has 8 nitrogen and oxygen atoms in total. The van der Waals surface area contributed by atoms with E-state index in [9.17, 15) is 35.4 Å². The molecule has 6 N–H and O–H groups in total. The molecule has 0 aromatic rings. The molecule has 1 aliphatic heterocycles. The van der Waals surface area contributed by atoms with Crippen LogP contribution in [0.4, 0.5) is 0 Å². The van der Waals surface area contributed by atoms with Gasteiger partial charge in [0, 0.05) is 0 Å². The Balaban J connectivity index is 1.31. The van der Waals surface area contributed by atoms with Crippen LogP contribution in [0.1, 0.15) is 113 Å². The fourth-order valence-corrected chi connectivity index (χ4v) is 12.9. The second kappa shape index (κ2) is 10.7. The van der Waals surface area contributed by atoms with E-state index in [0.717, 1.165) is 64.2 Å².